The van der Waals surface area contributed by atoms with Gasteiger partial charge in [0.05, 0.1) is 18.2 Å². The van der Waals surface area contributed by atoms with Gasteiger partial charge in [-0.05, 0) is 31.0 Å². The Morgan fingerprint density at radius 1 is 1.07 bits per heavy atom. The first-order chi connectivity index (χ1) is 13.6. The molecule has 2 aromatic carbocycles. The second-order valence-corrected chi connectivity index (χ2v) is 7.73. The summed E-state index contributed by atoms with van der Waals surface area (Å²) < 4.78 is 31.1. The van der Waals surface area contributed by atoms with Crippen LogP contribution in [-0.2, 0) is 27.5 Å². The molecule has 2 spiro atoms. The Balaban J connectivity index is 1.68. The number of ether oxygens (including phenoxy) is 5. The van der Waals surface area contributed by atoms with Crippen LogP contribution in [0.25, 0.3) is 0 Å². The number of carbonyl (C=O) groups is 1. The van der Waals surface area contributed by atoms with Crippen LogP contribution < -0.4 is 14.2 Å². The highest BCUT2D eigenvalue weighted by atomic mass is 16.8. The average molecular weight is 380 g/mol. The van der Waals surface area contributed by atoms with Crippen LogP contribution in [0.15, 0.2) is 30.3 Å². The largest absolute Gasteiger partial charge is 0.496 e. The number of rotatable bonds is 2. The summed E-state index contributed by atoms with van der Waals surface area (Å²) in [5, 5.41) is 0. The van der Waals surface area contributed by atoms with Crippen LogP contribution >= 0.6 is 0 Å². The first-order valence-electron chi connectivity index (χ1n) is 9.60. The molecular weight excluding hydrogens is 360 g/mol. The van der Waals surface area contributed by atoms with E-state index < -0.39 is 17.7 Å². The lowest BCUT2D eigenvalue weighted by Crippen LogP contribution is -2.63. The molecule has 0 radical (unpaired) electrons. The lowest BCUT2D eigenvalue weighted by molar-refractivity contribution is -0.388. The van der Waals surface area contributed by atoms with Crippen molar-refractivity contribution in [1.29, 1.82) is 0 Å². The molecule has 6 nitrogen and oxygen atoms in total. The Bertz CT molecular complexity index is 1030. The monoisotopic (exact) mass is 380 g/mol. The maximum absolute atomic E-state index is 12.7. The minimum Gasteiger partial charge on any atom is -0.496 e. The molecule has 2 bridgehead atoms. The first kappa shape index (κ1) is 16.4. The summed E-state index contributed by atoms with van der Waals surface area (Å²) in [6, 6.07) is 9.36. The summed E-state index contributed by atoms with van der Waals surface area (Å²) in [6.07, 6.45) is 2.10. The number of ketones is 1. The molecule has 2 aliphatic heterocycles. The minimum absolute atomic E-state index is 0.00550. The van der Waals surface area contributed by atoms with E-state index in [0.29, 0.717) is 29.0 Å². The SMILES string of the molecule is COc1ccc2c3c1CCC[C@]31Oc3cccc4c3[C@](O2)(O1)[C@H](OC)CC4=O. The molecule has 6 rings (SSSR count). The Kier molecular flexibility index (Phi) is 3.09. The average Bonchev–Trinajstić information content (AvgIpc) is 2.70. The third-order valence-electron chi connectivity index (χ3n) is 6.37. The number of Topliss-reactive ketones (excluding diaryl/α,β-unsaturated/α-hetero) is 1. The van der Waals surface area contributed by atoms with Gasteiger partial charge in [0.25, 0.3) is 5.79 Å². The molecule has 3 atom stereocenters. The van der Waals surface area contributed by atoms with E-state index in [4.69, 9.17) is 23.7 Å². The third-order valence-corrected chi connectivity index (χ3v) is 6.37. The van der Waals surface area contributed by atoms with E-state index in [9.17, 15) is 4.79 Å². The highest BCUT2D eigenvalue weighted by molar-refractivity contribution is 6.00. The van der Waals surface area contributed by atoms with Crippen LogP contribution in [-0.4, -0.2) is 26.1 Å². The van der Waals surface area contributed by atoms with Gasteiger partial charge in [-0.2, -0.15) is 0 Å². The van der Waals surface area contributed by atoms with Crippen molar-refractivity contribution < 1.29 is 28.5 Å². The van der Waals surface area contributed by atoms with E-state index in [2.05, 4.69) is 0 Å². The highest BCUT2D eigenvalue weighted by Crippen LogP contribution is 2.62. The Hall–Kier alpha value is -2.57. The lowest BCUT2D eigenvalue weighted by atomic mass is 9.77. The molecule has 0 fully saturated rings. The first-order valence-corrected chi connectivity index (χ1v) is 9.60. The van der Waals surface area contributed by atoms with Crippen molar-refractivity contribution in [3.05, 3.63) is 52.6 Å². The summed E-state index contributed by atoms with van der Waals surface area (Å²) in [4.78, 5) is 12.7. The fourth-order valence-corrected chi connectivity index (χ4v) is 5.26. The maximum Gasteiger partial charge on any atom is 0.271 e. The second-order valence-electron chi connectivity index (χ2n) is 7.73. The van der Waals surface area contributed by atoms with Gasteiger partial charge in [-0.3, -0.25) is 9.53 Å². The molecule has 0 unspecified atom stereocenters. The molecule has 6 heteroatoms. The predicted molar refractivity (Wildman–Crippen MR) is 97.8 cm³/mol. The third kappa shape index (κ3) is 1.78. The van der Waals surface area contributed by atoms with Crippen molar-refractivity contribution in [2.45, 2.75) is 43.4 Å². The normalized spacial score (nSPS) is 31.2. The molecule has 0 N–H and O–H groups in total. The minimum atomic E-state index is -1.21. The molecule has 144 valence electrons. The van der Waals surface area contributed by atoms with Gasteiger partial charge in [-0.1, -0.05) is 12.1 Å². The fourth-order valence-electron chi connectivity index (χ4n) is 5.26. The zero-order chi connectivity index (χ0) is 19.1. The maximum atomic E-state index is 12.7. The van der Waals surface area contributed by atoms with Gasteiger partial charge in [0.15, 0.2) is 5.78 Å². The Labute approximate surface area is 162 Å². The van der Waals surface area contributed by atoms with E-state index in [-0.39, 0.29) is 12.2 Å². The topological polar surface area (TPSA) is 63.2 Å². The molecule has 0 aromatic heterocycles. The highest BCUT2D eigenvalue weighted by Gasteiger charge is 2.65. The van der Waals surface area contributed by atoms with Crippen LogP contribution in [0, 0.1) is 0 Å². The number of hydrogen-bond donors (Lipinski definition) is 0. The molecule has 0 saturated heterocycles. The Morgan fingerprint density at radius 3 is 2.75 bits per heavy atom. The molecule has 2 heterocycles. The number of carbonyl (C=O) groups excluding carboxylic acids is 1. The summed E-state index contributed by atoms with van der Waals surface area (Å²) in [5.41, 5.74) is 3.17. The van der Waals surface area contributed by atoms with Crippen LogP contribution in [0.2, 0.25) is 0 Å². The van der Waals surface area contributed by atoms with Crippen molar-refractivity contribution in [1.82, 2.24) is 0 Å². The van der Waals surface area contributed by atoms with Crippen molar-refractivity contribution in [2.75, 3.05) is 14.2 Å². The van der Waals surface area contributed by atoms with Crippen LogP contribution in [0.3, 0.4) is 0 Å². The van der Waals surface area contributed by atoms with Crippen molar-refractivity contribution >= 4 is 5.78 Å². The molecule has 4 aliphatic rings. The van der Waals surface area contributed by atoms with Crippen molar-refractivity contribution in [3.63, 3.8) is 0 Å². The van der Waals surface area contributed by atoms with Gasteiger partial charge < -0.3 is 18.9 Å². The lowest BCUT2D eigenvalue weighted by Gasteiger charge is -2.57. The number of methoxy groups -OCH3 is 2. The number of benzene rings is 2. The fraction of sp³-hybridized carbons (Fsp3) is 0.409. The van der Waals surface area contributed by atoms with E-state index in [1.165, 1.54) is 0 Å². The standard InChI is InChI=1S/C22H20O6/c1-24-15-8-9-17-19-13(15)6-4-10-21(19)26-16-7-3-5-12-14(23)11-18(25-2)22(27-17,28-21)20(12)16/h3,5,7-9,18H,4,6,10-11H2,1-2H3/t18-,21-,22-/m1/s1. The predicted octanol–water partition coefficient (Wildman–Crippen LogP) is 3.44. The van der Waals surface area contributed by atoms with Crippen LogP contribution in [0.4, 0.5) is 0 Å². The number of hydrogen-bond acceptors (Lipinski definition) is 6. The van der Waals surface area contributed by atoms with Gasteiger partial charge >= 0.3 is 0 Å². The van der Waals surface area contributed by atoms with E-state index in [1.54, 1.807) is 20.3 Å². The zero-order valence-electron chi connectivity index (χ0n) is 15.7. The zero-order valence-corrected chi connectivity index (χ0v) is 15.7. The van der Waals surface area contributed by atoms with Gasteiger partial charge in [-0.25, -0.2) is 0 Å². The van der Waals surface area contributed by atoms with Gasteiger partial charge in [0, 0.05) is 31.1 Å². The molecule has 28 heavy (non-hydrogen) atoms. The quantitative estimate of drug-likeness (QED) is 0.795. The summed E-state index contributed by atoms with van der Waals surface area (Å²) >= 11 is 0. The van der Waals surface area contributed by atoms with Gasteiger partial charge in [-0.15, -0.1) is 0 Å². The summed E-state index contributed by atoms with van der Waals surface area (Å²) in [5.74, 6) is -0.0300. The van der Waals surface area contributed by atoms with Gasteiger partial charge in [0.1, 0.15) is 23.4 Å². The van der Waals surface area contributed by atoms with Gasteiger partial charge in [0.2, 0.25) is 5.79 Å². The van der Waals surface area contributed by atoms with E-state index >= 15 is 0 Å². The van der Waals surface area contributed by atoms with Crippen LogP contribution in [0.1, 0.15) is 46.3 Å². The smallest absolute Gasteiger partial charge is 0.271 e. The van der Waals surface area contributed by atoms with E-state index in [0.717, 1.165) is 29.7 Å². The van der Waals surface area contributed by atoms with Crippen molar-refractivity contribution in [3.8, 4) is 17.2 Å². The van der Waals surface area contributed by atoms with E-state index in [1.807, 2.05) is 24.3 Å². The molecular formula is C22H20O6. The summed E-state index contributed by atoms with van der Waals surface area (Å²) in [6.45, 7) is 0. The molecule has 0 amide bonds. The molecule has 0 saturated carbocycles. The summed E-state index contributed by atoms with van der Waals surface area (Å²) in [7, 11) is 3.26. The molecule has 2 aliphatic carbocycles. The second kappa shape index (κ2) is 5.27. The van der Waals surface area contributed by atoms with Crippen LogP contribution in [0.5, 0.6) is 17.2 Å². The molecule has 2 aromatic rings. The Morgan fingerprint density at radius 2 is 1.93 bits per heavy atom. The van der Waals surface area contributed by atoms with Crippen molar-refractivity contribution in [2.24, 2.45) is 0 Å².